The van der Waals surface area contributed by atoms with Crippen molar-refractivity contribution in [2.75, 3.05) is 0 Å². The number of carbonyl (C=O) groups excluding carboxylic acids is 1. The molecule has 2 rings (SSSR count). The zero-order chi connectivity index (χ0) is 14.0. The highest BCUT2D eigenvalue weighted by Crippen LogP contribution is 2.26. The van der Waals surface area contributed by atoms with Gasteiger partial charge in [0.15, 0.2) is 0 Å². The van der Waals surface area contributed by atoms with Gasteiger partial charge in [0.05, 0.1) is 0 Å². The summed E-state index contributed by atoms with van der Waals surface area (Å²) in [5, 5.41) is 10.5. The second-order valence-corrected chi connectivity index (χ2v) is 4.76. The molecule has 0 fully saturated rings. The van der Waals surface area contributed by atoms with Crippen LogP contribution in [0.2, 0.25) is 0 Å². The third kappa shape index (κ3) is 2.83. The van der Waals surface area contributed by atoms with Crippen LogP contribution in [0.15, 0.2) is 42.5 Å². The second kappa shape index (κ2) is 5.24. The van der Waals surface area contributed by atoms with E-state index in [1.807, 2.05) is 44.2 Å². The van der Waals surface area contributed by atoms with Crippen LogP contribution in [0.5, 0.6) is 0 Å². The van der Waals surface area contributed by atoms with Crippen molar-refractivity contribution >= 4 is 5.91 Å². The molecule has 3 N–H and O–H groups in total. The van der Waals surface area contributed by atoms with Crippen LogP contribution < -0.4 is 5.73 Å². The van der Waals surface area contributed by atoms with E-state index in [0.29, 0.717) is 11.1 Å². The smallest absolute Gasteiger partial charge is 0.248 e. The fourth-order valence-corrected chi connectivity index (χ4v) is 2.19. The summed E-state index contributed by atoms with van der Waals surface area (Å²) in [5.41, 5.74) is 9.15. The SMILES string of the molecule is Cc1cc(C(N)=O)cc(C(O)c2ccccc2C)c1. The standard InChI is InChI=1S/C16H17NO2/c1-10-7-12(9-13(8-10)16(17)19)15(18)14-6-4-3-5-11(14)2/h3-9,15,18H,1-2H3,(H2,17,19). The minimum absolute atomic E-state index is 0.419. The second-order valence-electron chi connectivity index (χ2n) is 4.76. The van der Waals surface area contributed by atoms with Gasteiger partial charge in [-0.2, -0.15) is 0 Å². The molecule has 0 spiro atoms. The van der Waals surface area contributed by atoms with E-state index in [0.717, 1.165) is 16.7 Å². The fourth-order valence-electron chi connectivity index (χ4n) is 2.19. The molecule has 1 amide bonds. The maximum absolute atomic E-state index is 11.3. The van der Waals surface area contributed by atoms with Gasteiger partial charge in [-0.05, 0) is 48.2 Å². The Balaban J connectivity index is 2.47. The zero-order valence-corrected chi connectivity index (χ0v) is 11.1. The summed E-state index contributed by atoms with van der Waals surface area (Å²) in [6, 6.07) is 12.9. The quantitative estimate of drug-likeness (QED) is 0.885. The number of benzene rings is 2. The van der Waals surface area contributed by atoms with Gasteiger partial charge in [0.1, 0.15) is 6.10 Å². The first kappa shape index (κ1) is 13.3. The largest absolute Gasteiger partial charge is 0.384 e. The Morgan fingerprint density at radius 3 is 2.47 bits per heavy atom. The molecular weight excluding hydrogens is 238 g/mol. The minimum Gasteiger partial charge on any atom is -0.384 e. The Morgan fingerprint density at radius 1 is 1.16 bits per heavy atom. The Bertz CT molecular complexity index is 620. The maximum Gasteiger partial charge on any atom is 0.248 e. The van der Waals surface area contributed by atoms with Crippen molar-refractivity contribution in [2.24, 2.45) is 5.73 Å². The normalized spacial score (nSPS) is 12.2. The third-order valence-corrected chi connectivity index (χ3v) is 3.18. The van der Waals surface area contributed by atoms with Crippen LogP contribution in [-0.2, 0) is 0 Å². The third-order valence-electron chi connectivity index (χ3n) is 3.18. The Kier molecular flexibility index (Phi) is 3.67. The van der Waals surface area contributed by atoms with Gasteiger partial charge in [-0.15, -0.1) is 0 Å². The van der Waals surface area contributed by atoms with Crippen molar-refractivity contribution in [3.8, 4) is 0 Å². The molecule has 0 aliphatic heterocycles. The van der Waals surface area contributed by atoms with E-state index < -0.39 is 12.0 Å². The molecule has 2 aromatic carbocycles. The molecule has 2 aromatic rings. The van der Waals surface area contributed by atoms with Crippen LogP contribution in [0, 0.1) is 13.8 Å². The number of amides is 1. The molecule has 0 radical (unpaired) electrons. The van der Waals surface area contributed by atoms with Crippen LogP contribution >= 0.6 is 0 Å². The van der Waals surface area contributed by atoms with Gasteiger partial charge >= 0.3 is 0 Å². The van der Waals surface area contributed by atoms with Crippen molar-refractivity contribution < 1.29 is 9.90 Å². The molecule has 1 unspecified atom stereocenters. The zero-order valence-electron chi connectivity index (χ0n) is 11.1. The number of hydrogen-bond acceptors (Lipinski definition) is 2. The Hall–Kier alpha value is -2.13. The number of primary amides is 1. The molecule has 0 aliphatic carbocycles. The van der Waals surface area contributed by atoms with E-state index in [4.69, 9.17) is 5.73 Å². The molecule has 0 heterocycles. The van der Waals surface area contributed by atoms with Crippen molar-refractivity contribution in [2.45, 2.75) is 20.0 Å². The molecule has 0 aliphatic rings. The summed E-state index contributed by atoms with van der Waals surface area (Å²) in [4.78, 5) is 11.3. The number of aryl methyl sites for hydroxylation is 2. The maximum atomic E-state index is 11.3. The highest BCUT2D eigenvalue weighted by atomic mass is 16.3. The van der Waals surface area contributed by atoms with Gasteiger partial charge in [-0.3, -0.25) is 4.79 Å². The average Bonchev–Trinajstić information content (AvgIpc) is 2.37. The van der Waals surface area contributed by atoms with Crippen molar-refractivity contribution in [3.63, 3.8) is 0 Å². The molecule has 3 nitrogen and oxygen atoms in total. The average molecular weight is 255 g/mol. The number of aliphatic hydroxyl groups is 1. The van der Waals surface area contributed by atoms with E-state index in [2.05, 4.69) is 0 Å². The minimum atomic E-state index is -0.751. The van der Waals surface area contributed by atoms with Crippen LogP contribution in [0.25, 0.3) is 0 Å². The molecule has 0 aromatic heterocycles. The lowest BCUT2D eigenvalue weighted by molar-refractivity contribution is 0.1000. The van der Waals surface area contributed by atoms with Crippen LogP contribution in [0.1, 0.15) is 38.7 Å². The number of carbonyl (C=O) groups is 1. The summed E-state index contributed by atoms with van der Waals surface area (Å²) in [5.74, 6) is -0.484. The summed E-state index contributed by atoms with van der Waals surface area (Å²) < 4.78 is 0. The Morgan fingerprint density at radius 2 is 1.84 bits per heavy atom. The molecule has 0 saturated heterocycles. The summed E-state index contributed by atoms with van der Waals surface area (Å²) >= 11 is 0. The predicted molar refractivity (Wildman–Crippen MR) is 74.9 cm³/mol. The molecular formula is C16H17NO2. The topological polar surface area (TPSA) is 63.3 Å². The molecule has 0 saturated carbocycles. The molecule has 1 atom stereocenters. The lowest BCUT2D eigenvalue weighted by Gasteiger charge is -2.15. The van der Waals surface area contributed by atoms with Gasteiger partial charge in [-0.25, -0.2) is 0 Å². The molecule has 19 heavy (non-hydrogen) atoms. The monoisotopic (exact) mass is 255 g/mol. The van der Waals surface area contributed by atoms with Gasteiger partial charge in [0.2, 0.25) is 5.91 Å². The van der Waals surface area contributed by atoms with Crippen molar-refractivity contribution in [1.82, 2.24) is 0 Å². The predicted octanol–water partition coefficient (Wildman–Crippen LogP) is 2.48. The molecule has 0 bridgehead atoms. The number of rotatable bonds is 3. The number of aliphatic hydroxyl groups excluding tert-OH is 1. The highest BCUT2D eigenvalue weighted by Gasteiger charge is 2.14. The van der Waals surface area contributed by atoms with Gasteiger partial charge in [0.25, 0.3) is 0 Å². The van der Waals surface area contributed by atoms with Crippen molar-refractivity contribution in [1.29, 1.82) is 0 Å². The Labute approximate surface area is 112 Å². The highest BCUT2D eigenvalue weighted by molar-refractivity contribution is 5.93. The lowest BCUT2D eigenvalue weighted by atomic mass is 9.95. The summed E-state index contributed by atoms with van der Waals surface area (Å²) in [7, 11) is 0. The van der Waals surface area contributed by atoms with Gasteiger partial charge < -0.3 is 10.8 Å². The first-order valence-corrected chi connectivity index (χ1v) is 6.14. The fraction of sp³-hybridized carbons (Fsp3) is 0.188. The molecule has 98 valence electrons. The summed E-state index contributed by atoms with van der Waals surface area (Å²) in [6.45, 7) is 3.82. The lowest BCUT2D eigenvalue weighted by Crippen LogP contribution is -2.12. The molecule has 3 heteroatoms. The van der Waals surface area contributed by atoms with E-state index in [1.54, 1.807) is 12.1 Å². The van der Waals surface area contributed by atoms with Crippen LogP contribution in [-0.4, -0.2) is 11.0 Å². The van der Waals surface area contributed by atoms with Crippen LogP contribution in [0.3, 0.4) is 0 Å². The number of hydrogen-bond donors (Lipinski definition) is 2. The van der Waals surface area contributed by atoms with Gasteiger partial charge in [0, 0.05) is 5.56 Å². The van der Waals surface area contributed by atoms with Crippen LogP contribution in [0.4, 0.5) is 0 Å². The van der Waals surface area contributed by atoms with Gasteiger partial charge in [-0.1, -0.05) is 30.3 Å². The van der Waals surface area contributed by atoms with E-state index in [9.17, 15) is 9.90 Å². The first-order valence-electron chi connectivity index (χ1n) is 6.14. The first-order chi connectivity index (χ1) is 8.99. The van der Waals surface area contributed by atoms with E-state index in [-0.39, 0.29) is 0 Å². The van der Waals surface area contributed by atoms with Crippen molar-refractivity contribution in [3.05, 3.63) is 70.3 Å². The van der Waals surface area contributed by atoms with E-state index in [1.165, 1.54) is 0 Å². The number of nitrogens with two attached hydrogens (primary N) is 1. The summed E-state index contributed by atoms with van der Waals surface area (Å²) in [6.07, 6.45) is -0.751. The van der Waals surface area contributed by atoms with E-state index >= 15 is 0 Å².